The summed E-state index contributed by atoms with van der Waals surface area (Å²) in [5, 5.41) is 0. The molecule has 0 heterocycles. The van der Waals surface area contributed by atoms with E-state index in [1.165, 1.54) is 25.7 Å². The van der Waals surface area contributed by atoms with E-state index in [0.717, 1.165) is 5.92 Å². The Morgan fingerprint density at radius 3 is 3.20 bits per heavy atom. The molecule has 1 heteroatoms. The van der Waals surface area contributed by atoms with Gasteiger partial charge in [-0.25, -0.2) is 0 Å². The van der Waals surface area contributed by atoms with Crippen LogP contribution >= 0.6 is 22.6 Å². The second-order valence-electron chi connectivity index (χ2n) is 3.44. The number of halogens is 1. The first kappa shape index (κ1) is 7.14. The molecule has 0 nitrogen and oxygen atoms in total. The summed E-state index contributed by atoms with van der Waals surface area (Å²) in [5.74, 6) is 0.936. The third-order valence-corrected chi connectivity index (χ3v) is 4.76. The quantitative estimate of drug-likeness (QED) is 0.379. The zero-order valence-corrected chi connectivity index (χ0v) is 8.52. The molecular formula is C9H13I. The van der Waals surface area contributed by atoms with Crippen molar-refractivity contribution in [2.75, 3.05) is 0 Å². The van der Waals surface area contributed by atoms with Gasteiger partial charge in [0.2, 0.25) is 0 Å². The van der Waals surface area contributed by atoms with E-state index in [4.69, 9.17) is 0 Å². The average molecular weight is 248 g/mol. The molecule has 1 saturated carbocycles. The predicted octanol–water partition coefficient (Wildman–Crippen LogP) is 3.31. The number of rotatable bonds is 1. The van der Waals surface area contributed by atoms with Gasteiger partial charge >= 0.3 is 0 Å². The van der Waals surface area contributed by atoms with Crippen molar-refractivity contribution in [1.82, 2.24) is 0 Å². The molecular weight excluding hydrogens is 235 g/mol. The molecule has 2 rings (SSSR count). The fraction of sp³-hybridized carbons (Fsp3) is 0.778. The van der Waals surface area contributed by atoms with Crippen molar-refractivity contribution in [3.8, 4) is 0 Å². The van der Waals surface area contributed by atoms with Crippen molar-refractivity contribution in [2.45, 2.75) is 36.0 Å². The molecule has 0 aromatic rings. The lowest BCUT2D eigenvalue weighted by Crippen LogP contribution is -2.22. The second kappa shape index (κ2) is 2.23. The SMILES string of the molecule is CCC1(I)CCCC2C=C21. The van der Waals surface area contributed by atoms with Crippen LogP contribution in [0, 0.1) is 5.92 Å². The van der Waals surface area contributed by atoms with Crippen LogP contribution in [-0.2, 0) is 0 Å². The van der Waals surface area contributed by atoms with Crippen LogP contribution in [0.5, 0.6) is 0 Å². The van der Waals surface area contributed by atoms with Gasteiger partial charge in [0.1, 0.15) is 0 Å². The Morgan fingerprint density at radius 1 is 1.80 bits per heavy atom. The second-order valence-corrected chi connectivity index (χ2v) is 5.50. The standard InChI is InChI=1S/C9H13I/c1-2-9(10)5-3-4-7-6-8(7)9/h6-7H,2-5H2,1H3. The number of alkyl halides is 1. The summed E-state index contributed by atoms with van der Waals surface area (Å²) in [5.41, 5.74) is 1.77. The topological polar surface area (TPSA) is 0 Å². The van der Waals surface area contributed by atoms with E-state index in [1.807, 2.05) is 0 Å². The molecule has 10 heavy (non-hydrogen) atoms. The van der Waals surface area contributed by atoms with E-state index < -0.39 is 0 Å². The average Bonchev–Trinajstić information content (AvgIpc) is 2.68. The van der Waals surface area contributed by atoms with Crippen LogP contribution in [0.4, 0.5) is 0 Å². The fourth-order valence-electron chi connectivity index (χ4n) is 2.02. The van der Waals surface area contributed by atoms with E-state index in [9.17, 15) is 0 Å². The van der Waals surface area contributed by atoms with Gasteiger partial charge in [-0.05, 0) is 25.2 Å². The van der Waals surface area contributed by atoms with Crippen LogP contribution in [0.2, 0.25) is 0 Å². The highest BCUT2D eigenvalue weighted by atomic mass is 127. The van der Waals surface area contributed by atoms with Crippen LogP contribution in [0.1, 0.15) is 32.6 Å². The molecule has 0 spiro atoms. The first-order valence-electron chi connectivity index (χ1n) is 4.17. The van der Waals surface area contributed by atoms with Crippen LogP contribution in [0.15, 0.2) is 11.6 Å². The summed E-state index contributed by atoms with van der Waals surface area (Å²) >= 11 is 2.65. The maximum absolute atomic E-state index is 2.65. The third-order valence-electron chi connectivity index (χ3n) is 2.84. The van der Waals surface area contributed by atoms with Gasteiger partial charge < -0.3 is 0 Å². The monoisotopic (exact) mass is 248 g/mol. The van der Waals surface area contributed by atoms with Crippen LogP contribution in [0.25, 0.3) is 0 Å². The summed E-state index contributed by atoms with van der Waals surface area (Å²) in [7, 11) is 0. The maximum atomic E-state index is 2.65. The molecule has 2 aliphatic rings. The molecule has 56 valence electrons. The number of fused-ring (bicyclic) bond motifs is 1. The van der Waals surface area contributed by atoms with Gasteiger partial charge in [-0.3, -0.25) is 0 Å². The Hall–Kier alpha value is 0.470. The zero-order valence-electron chi connectivity index (χ0n) is 6.36. The van der Waals surface area contributed by atoms with Crippen LogP contribution in [-0.4, -0.2) is 3.42 Å². The van der Waals surface area contributed by atoms with Crippen molar-refractivity contribution in [3.05, 3.63) is 11.6 Å². The molecule has 2 aliphatic carbocycles. The molecule has 1 fully saturated rings. The number of hydrogen-bond acceptors (Lipinski definition) is 0. The van der Waals surface area contributed by atoms with Gasteiger partial charge in [0.15, 0.2) is 0 Å². The highest BCUT2D eigenvalue weighted by molar-refractivity contribution is 14.1. The van der Waals surface area contributed by atoms with Crippen molar-refractivity contribution in [2.24, 2.45) is 5.92 Å². The Morgan fingerprint density at radius 2 is 2.60 bits per heavy atom. The van der Waals surface area contributed by atoms with Gasteiger partial charge in [-0.1, -0.05) is 47.6 Å². The normalized spacial score (nSPS) is 44.2. The van der Waals surface area contributed by atoms with Crippen molar-refractivity contribution < 1.29 is 0 Å². The summed E-state index contributed by atoms with van der Waals surface area (Å²) in [4.78, 5) is 0. The lowest BCUT2D eigenvalue weighted by atomic mass is 9.87. The summed E-state index contributed by atoms with van der Waals surface area (Å²) < 4.78 is 0.584. The van der Waals surface area contributed by atoms with Gasteiger partial charge in [-0.15, -0.1) is 0 Å². The Labute approximate surface area is 76.2 Å². The largest absolute Gasteiger partial charge is 0.0762 e. The summed E-state index contributed by atoms with van der Waals surface area (Å²) in [6, 6.07) is 0. The minimum Gasteiger partial charge on any atom is -0.0762 e. The Balaban J connectivity index is 2.13. The molecule has 0 saturated heterocycles. The van der Waals surface area contributed by atoms with E-state index in [1.54, 1.807) is 5.57 Å². The Kier molecular flexibility index (Phi) is 1.59. The highest BCUT2D eigenvalue weighted by Crippen LogP contribution is 2.54. The lowest BCUT2D eigenvalue weighted by Gasteiger charge is -2.29. The Bertz CT molecular complexity index is 183. The molecule has 0 radical (unpaired) electrons. The van der Waals surface area contributed by atoms with Gasteiger partial charge in [0, 0.05) is 3.42 Å². The van der Waals surface area contributed by atoms with Crippen molar-refractivity contribution in [3.63, 3.8) is 0 Å². The van der Waals surface area contributed by atoms with Gasteiger partial charge in [0.05, 0.1) is 0 Å². The maximum Gasteiger partial charge on any atom is 0.0433 e. The minimum atomic E-state index is 0.584. The molecule has 0 aromatic carbocycles. The molecule has 0 bridgehead atoms. The van der Waals surface area contributed by atoms with E-state index >= 15 is 0 Å². The number of allylic oxidation sites excluding steroid dienone is 2. The third kappa shape index (κ3) is 0.936. The first-order valence-corrected chi connectivity index (χ1v) is 5.25. The molecule has 0 aliphatic heterocycles. The molecule has 2 unspecified atom stereocenters. The molecule has 0 amide bonds. The zero-order chi connectivity index (χ0) is 7.19. The number of hydrogen-bond donors (Lipinski definition) is 0. The van der Waals surface area contributed by atoms with Crippen molar-refractivity contribution >= 4 is 22.6 Å². The highest BCUT2D eigenvalue weighted by Gasteiger charge is 2.43. The minimum absolute atomic E-state index is 0.584. The fourth-order valence-corrected chi connectivity index (χ4v) is 2.98. The smallest absolute Gasteiger partial charge is 0.0433 e. The lowest BCUT2D eigenvalue weighted by molar-refractivity contribution is 0.497. The predicted molar refractivity (Wildman–Crippen MR) is 52.5 cm³/mol. The molecule has 0 aromatic heterocycles. The first-order chi connectivity index (χ1) is 4.76. The van der Waals surface area contributed by atoms with Gasteiger partial charge in [0.25, 0.3) is 0 Å². The van der Waals surface area contributed by atoms with E-state index in [2.05, 4.69) is 35.6 Å². The van der Waals surface area contributed by atoms with Crippen LogP contribution in [0.3, 0.4) is 0 Å². The molecule has 2 atom stereocenters. The van der Waals surface area contributed by atoms with E-state index in [0.29, 0.717) is 3.42 Å². The van der Waals surface area contributed by atoms with Gasteiger partial charge in [-0.2, -0.15) is 0 Å². The van der Waals surface area contributed by atoms with E-state index in [-0.39, 0.29) is 0 Å². The summed E-state index contributed by atoms with van der Waals surface area (Å²) in [6.07, 6.45) is 8.12. The summed E-state index contributed by atoms with van der Waals surface area (Å²) in [6.45, 7) is 2.31. The molecule has 0 N–H and O–H groups in total. The van der Waals surface area contributed by atoms with Crippen LogP contribution < -0.4 is 0 Å². The van der Waals surface area contributed by atoms with Crippen molar-refractivity contribution in [1.29, 1.82) is 0 Å².